The normalized spacial score (nSPS) is 26.6. The van der Waals surface area contributed by atoms with Gasteiger partial charge >= 0.3 is 5.97 Å². The Labute approximate surface area is 115 Å². The number of carbonyl (C=O) groups is 1. The van der Waals surface area contributed by atoms with Crippen LogP contribution in [0.5, 0.6) is 0 Å². The van der Waals surface area contributed by atoms with E-state index < -0.39 is 5.79 Å². The molecule has 1 aromatic rings. The van der Waals surface area contributed by atoms with E-state index in [1.807, 2.05) is 6.07 Å². The third kappa shape index (κ3) is 2.94. The lowest BCUT2D eigenvalue weighted by Crippen LogP contribution is -2.30. The van der Waals surface area contributed by atoms with Gasteiger partial charge in [-0.3, -0.25) is 0 Å². The number of rotatable bonds is 4. The maximum atomic E-state index is 11.8. The molecule has 1 N–H and O–H groups in total. The van der Waals surface area contributed by atoms with Crippen molar-refractivity contribution in [3.8, 4) is 0 Å². The summed E-state index contributed by atoms with van der Waals surface area (Å²) in [4.78, 5) is 11.8. The van der Waals surface area contributed by atoms with Crippen molar-refractivity contribution in [3.63, 3.8) is 0 Å². The van der Waals surface area contributed by atoms with E-state index in [1.54, 1.807) is 24.3 Å². The van der Waals surface area contributed by atoms with Gasteiger partial charge in [0.15, 0.2) is 5.79 Å². The number of ether oxygens (including phenoxy) is 1. The average molecular weight is 278 g/mol. The van der Waals surface area contributed by atoms with Gasteiger partial charge in [-0.25, -0.2) is 4.79 Å². The van der Waals surface area contributed by atoms with Crippen molar-refractivity contribution in [2.24, 2.45) is 5.92 Å². The first-order chi connectivity index (χ1) is 9.07. The highest BCUT2D eigenvalue weighted by Crippen LogP contribution is 2.39. The number of benzene rings is 1. The Bertz CT molecular complexity index is 474. The molecule has 2 atom stereocenters. The Kier molecular flexibility index (Phi) is 4.19. The number of hydrogen-bond acceptors (Lipinski definition) is 4. The zero-order chi connectivity index (χ0) is 13.9. The second kappa shape index (κ2) is 5.69. The molecule has 2 rings (SSSR count). The van der Waals surface area contributed by atoms with E-state index >= 15 is 0 Å². The van der Waals surface area contributed by atoms with Crippen molar-refractivity contribution in [2.45, 2.75) is 18.6 Å². The first-order valence-electron chi connectivity index (χ1n) is 6.26. The number of carbonyl (C=O) groups excluding carboxylic acids is 1. The van der Waals surface area contributed by atoms with Gasteiger partial charge in [0, 0.05) is 12.3 Å². The molecule has 5 heteroatoms. The molecule has 19 heavy (non-hydrogen) atoms. The largest absolute Gasteiger partial charge is 0.461 e. The van der Waals surface area contributed by atoms with E-state index in [1.165, 1.54) is 0 Å². The van der Waals surface area contributed by atoms with E-state index in [9.17, 15) is 9.90 Å². The van der Waals surface area contributed by atoms with Gasteiger partial charge in [0.05, 0.1) is 12.2 Å². The van der Waals surface area contributed by atoms with Crippen LogP contribution in [0.15, 0.2) is 42.5 Å². The summed E-state index contributed by atoms with van der Waals surface area (Å²) in [5.41, 5.74) is 1.14. The highest BCUT2D eigenvalue weighted by molar-refractivity contribution is 5.98. The van der Waals surface area contributed by atoms with Gasteiger partial charge in [-0.2, -0.15) is 0 Å². The molecule has 0 saturated heterocycles. The molecule has 1 fully saturated rings. The summed E-state index contributed by atoms with van der Waals surface area (Å²) in [5.74, 6) is -1.60. The average Bonchev–Trinajstić information content (AvgIpc) is 2.74. The Hall–Kier alpha value is -1.43. The van der Waals surface area contributed by atoms with Crippen LogP contribution in [0.1, 0.15) is 23.2 Å². The molecule has 0 heterocycles. The molecule has 0 aliphatic heterocycles. The monoisotopic (exact) mass is 278 g/mol. The van der Waals surface area contributed by atoms with E-state index in [0.29, 0.717) is 28.0 Å². The van der Waals surface area contributed by atoms with Crippen molar-refractivity contribution in [3.05, 3.63) is 48.0 Å². The first-order valence-corrected chi connectivity index (χ1v) is 7.07. The summed E-state index contributed by atoms with van der Waals surface area (Å²) >= 11 is 0. The summed E-state index contributed by atoms with van der Waals surface area (Å²) in [6, 6.07) is 8.85. The minimum absolute atomic E-state index is 0.0355. The fourth-order valence-corrected chi connectivity index (χ4v) is 2.74. The van der Waals surface area contributed by atoms with Crippen LogP contribution >= 0.6 is 0 Å². The molecule has 0 spiro atoms. The van der Waals surface area contributed by atoms with Gasteiger partial charge < -0.3 is 14.3 Å². The third-order valence-electron chi connectivity index (χ3n) is 3.59. The fourth-order valence-electron chi connectivity index (χ4n) is 2.27. The van der Waals surface area contributed by atoms with Gasteiger partial charge in [0.2, 0.25) is 0 Å². The molecule has 0 radical (unpaired) electrons. The second-order valence-corrected chi connectivity index (χ2v) is 5.12. The SMILES string of the molecule is C=C1C(COC(=O)c2ccccc2)CCC1(O)O[SiH3]. The lowest BCUT2D eigenvalue weighted by Gasteiger charge is -2.24. The molecule has 1 saturated carbocycles. The number of aliphatic hydroxyl groups is 1. The van der Waals surface area contributed by atoms with Crippen LogP contribution in [0, 0.1) is 5.92 Å². The third-order valence-corrected chi connectivity index (χ3v) is 4.26. The highest BCUT2D eigenvalue weighted by Gasteiger charge is 2.41. The Morgan fingerprint density at radius 3 is 2.74 bits per heavy atom. The topological polar surface area (TPSA) is 55.8 Å². The summed E-state index contributed by atoms with van der Waals surface area (Å²) in [6.45, 7) is 4.10. The molecular weight excluding hydrogens is 260 g/mol. The minimum atomic E-state index is -1.21. The minimum Gasteiger partial charge on any atom is -0.461 e. The molecule has 2 unspecified atom stereocenters. The molecule has 4 nitrogen and oxygen atoms in total. The predicted octanol–water partition coefficient (Wildman–Crippen LogP) is 0.795. The van der Waals surface area contributed by atoms with Crippen LogP contribution in [-0.2, 0) is 9.16 Å². The molecule has 1 aliphatic carbocycles. The molecule has 1 aliphatic rings. The molecule has 102 valence electrons. The molecule has 0 aromatic heterocycles. The van der Waals surface area contributed by atoms with Gasteiger partial charge in [-0.05, 0) is 24.1 Å². The van der Waals surface area contributed by atoms with Crippen LogP contribution in [0.4, 0.5) is 0 Å². The van der Waals surface area contributed by atoms with Crippen LogP contribution < -0.4 is 0 Å². The quantitative estimate of drug-likeness (QED) is 0.383. The van der Waals surface area contributed by atoms with Gasteiger partial charge in [0.25, 0.3) is 0 Å². The van der Waals surface area contributed by atoms with E-state index in [4.69, 9.17) is 9.16 Å². The molecule has 0 bridgehead atoms. The maximum Gasteiger partial charge on any atom is 0.338 e. The second-order valence-electron chi connectivity index (χ2n) is 4.71. The van der Waals surface area contributed by atoms with E-state index in [0.717, 1.165) is 6.42 Å². The lowest BCUT2D eigenvalue weighted by atomic mass is 10.0. The lowest BCUT2D eigenvalue weighted by molar-refractivity contribution is -0.0950. The Morgan fingerprint density at radius 2 is 2.16 bits per heavy atom. The first kappa shape index (κ1) is 14.0. The smallest absolute Gasteiger partial charge is 0.338 e. The van der Waals surface area contributed by atoms with Crippen LogP contribution in [0.3, 0.4) is 0 Å². The zero-order valence-corrected chi connectivity index (χ0v) is 13.0. The van der Waals surface area contributed by atoms with Gasteiger partial charge in [-0.15, -0.1) is 0 Å². The van der Waals surface area contributed by atoms with Crippen molar-refractivity contribution in [1.29, 1.82) is 0 Å². The Morgan fingerprint density at radius 1 is 1.47 bits per heavy atom. The van der Waals surface area contributed by atoms with Crippen LogP contribution in [0.25, 0.3) is 0 Å². The van der Waals surface area contributed by atoms with E-state index in [-0.39, 0.29) is 18.5 Å². The zero-order valence-electron chi connectivity index (χ0n) is 11.0. The fraction of sp³-hybridized carbons (Fsp3) is 0.357. The van der Waals surface area contributed by atoms with Crippen molar-refractivity contribution < 1.29 is 19.1 Å². The van der Waals surface area contributed by atoms with Crippen molar-refractivity contribution in [1.82, 2.24) is 0 Å². The number of hydrogen-bond donors (Lipinski definition) is 1. The highest BCUT2D eigenvalue weighted by atomic mass is 28.2. The maximum absolute atomic E-state index is 11.8. The summed E-state index contributed by atoms with van der Waals surface area (Å²) < 4.78 is 10.5. The molecule has 0 amide bonds. The Balaban J connectivity index is 1.91. The van der Waals surface area contributed by atoms with E-state index in [2.05, 4.69) is 6.58 Å². The molecular formula is C14H18O4Si. The predicted molar refractivity (Wildman–Crippen MR) is 74.6 cm³/mol. The standard InChI is InChI=1S/C14H18O4Si/c1-10-12(7-8-14(10,16)18-19)9-17-13(15)11-5-3-2-4-6-11/h2-6,12,16H,1,7-9H2,19H3. The summed E-state index contributed by atoms with van der Waals surface area (Å²) in [5, 5.41) is 10.1. The summed E-state index contributed by atoms with van der Waals surface area (Å²) in [6.07, 6.45) is 1.24. The van der Waals surface area contributed by atoms with Crippen molar-refractivity contribution in [2.75, 3.05) is 6.61 Å². The van der Waals surface area contributed by atoms with Crippen LogP contribution in [0.2, 0.25) is 0 Å². The van der Waals surface area contributed by atoms with Crippen molar-refractivity contribution >= 4 is 16.5 Å². The number of esters is 1. The van der Waals surface area contributed by atoms with Gasteiger partial charge in [0.1, 0.15) is 10.5 Å². The summed E-state index contributed by atoms with van der Waals surface area (Å²) in [7, 11) is 0.448. The van der Waals surface area contributed by atoms with Crippen LogP contribution in [-0.4, -0.2) is 34.0 Å². The van der Waals surface area contributed by atoms with Gasteiger partial charge in [-0.1, -0.05) is 24.8 Å². The molecule has 1 aromatic carbocycles.